The number of nitrogens with zero attached hydrogens (tertiary/aromatic N) is 1. The molecule has 0 aliphatic carbocycles. The van der Waals surface area contributed by atoms with Gasteiger partial charge in [-0.2, -0.15) is 13.2 Å². The van der Waals surface area contributed by atoms with Crippen LogP contribution in [-0.4, -0.2) is 28.8 Å². The van der Waals surface area contributed by atoms with Gasteiger partial charge in [0, 0.05) is 18.5 Å². The molecule has 3 rings (SSSR count). The van der Waals surface area contributed by atoms with Gasteiger partial charge in [0.15, 0.2) is 11.7 Å². The lowest BCUT2D eigenvalue weighted by molar-refractivity contribution is -0.136. The highest BCUT2D eigenvalue weighted by atomic mass is 19.4. The first-order valence-electron chi connectivity index (χ1n) is 7.93. The first-order valence-corrected chi connectivity index (χ1v) is 7.93. The van der Waals surface area contributed by atoms with E-state index in [2.05, 4.69) is 4.98 Å². The molecule has 8 nitrogen and oxygen atoms in total. The molecule has 0 atom stereocenters. The molecule has 0 aliphatic rings. The van der Waals surface area contributed by atoms with Gasteiger partial charge in [-0.1, -0.05) is 0 Å². The van der Waals surface area contributed by atoms with Crippen LogP contribution in [0.3, 0.4) is 0 Å². The van der Waals surface area contributed by atoms with Gasteiger partial charge >= 0.3 is 6.18 Å². The van der Waals surface area contributed by atoms with Crippen molar-refractivity contribution in [1.29, 1.82) is 5.41 Å². The number of aromatic amines is 1. The highest BCUT2D eigenvalue weighted by Gasteiger charge is 2.34. The number of aromatic nitrogens is 1. The van der Waals surface area contributed by atoms with Crippen LogP contribution in [0.1, 0.15) is 21.8 Å². The molecular formula is C17H16F3N5O3. The molecule has 0 saturated carbocycles. The van der Waals surface area contributed by atoms with Gasteiger partial charge in [0.2, 0.25) is 0 Å². The maximum atomic E-state index is 13.4. The van der Waals surface area contributed by atoms with E-state index in [1.807, 2.05) is 0 Å². The van der Waals surface area contributed by atoms with Crippen LogP contribution in [0, 0.1) is 5.41 Å². The fourth-order valence-corrected chi connectivity index (χ4v) is 2.56. The second-order valence-electron chi connectivity index (χ2n) is 5.86. The van der Waals surface area contributed by atoms with E-state index in [-0.39, 0.29) is 34.8 Å². The largest absolute Gasteiger partial charge is 0.429 e. The number of halogens is 3. The van der Waals surface area contributed by atoms with Gasteiger partial charge in [0.25, 0.3) is 11.9 Å². The average molecular weight is 395 g/mol. The predicted octanol–water partition coefficient (Wildman–Crippen LogP) is 3.00. The topological polar surface area (TPSA) is 134 Å². The summed E-state index contributed by atoms with van der Waals surface area (Å²) in [6, 6.07) is 6.06. The lowest BCUT2D eigenvalue weighted by atomic mass is 10.1. The van der Waals surface area contributed by atoms with E-state index in [1.165, 1.54) is 13.1 Å². The molecule has 0 unspecified atom stereocenters. The monoisotopic (exact) mass is 395 g/mol. The molecule has 1 aromatic carbocycles. The zero-order valence-electron chi connectivity index (χ0n) is 14.6. The van der Waals surface area contributed by atoms with Crippen LogP contribution in [0.4, 0.5) is 13.2 Å². The number of carbonyl (C=O) groups is 1. The fraction of sp³-hybridized carbons (Fsp3) is 0.176. The summed E-state index contributed by atoms with van der Waals surface area (Å²) in [4.78, 5) is 15.8. The van der Waals surface area contributed by atoms with Crippen LogP contribution < -0.4 is 16.2 Å². The third-order valence-corrected chi connectivity index (χ3v) is 4.01. The van der Waals surface area contributed by atoms with E-state index in [4.69, 9.17) is 26.0 Å². The second kappa shape index (κ2) is 6.93. The summed E-state index contributed by atoms with van der Waals surface area (Å²) in [5.41, 5.74) is 9.53. The molecule has 6 N–H and O–H groups in total. The zero-order chi connectivity index (χ0) is 20.6. The second-order valence-corrected chi connectivity index (χ2v) is 5.86. The highest BCUT2D eigenvalue weighted by Crippen LogP contribution is 2.40. The summed E-state index contributed by atoms with van der Waals surface area (Å²) in [6.07, 6.45) is -4.65. The molecule has 3 aromatic rings. The minimum atomic E-state index is -4.65. The quantitative estimate of drug-likeness (QED) is 0.398. The van der Waals surface area contributed by atoms with Crippen molar-refractivity contribution in [3.05, 3.63) is 47.3 Å². The Balaban J connectivity index is 2.12. The summed E-state index contributed by atoms with van der Waals surface area (Å²) in [5.74, 6) is -0.842. The number of benzene rings is 1. The van der Waals surface area contributed by atoms with Crippen LogP contribution in [0.2, 0.25) is 0 Å². The molecular weight excluding hydrogens is 379 g/mol. The predicted molar refractivity (Wildman–Crippen MR) is 94.0 cm³/mol. The number of hydrogen-bond acceptors (Lipinski definition) is 5. The molecule has 2 aromatic heterocycles. The van der Waals surface area contributed by atoms with Gasteiger partial charge in [-0.25, -0.2) is 0 Å². The first kappa shape index (κ1) is 19.3. The lowest BCUT2D eigenvalue weighted by Gasteiger charge is -2.12. The van der Waals surface area contributed by atoms with E-state index in [0.29, 0.717) is 5.76 Å². The SMILES string of the molecule is CN(C(=N)N)C(=O)c1cc2c(C(F)(F)F)ccc(Oc3ccc(CN)o3)c2[nH]1. The Kier molecular flexibility index (Phi) is 4.77. The average Bonchev–Trinajstić information content (AvgIpc) is 3.26. The van der Waals surface area contributed by atoms with Crippen molar-refractivity contribution >= 4 is 22.8 Å². The summed E-state index contributed by atoms with van der Waals surface area (Å²) in [7, 11) is 1.23. The maximum absolute atomic E-state index is 13.4. The van der Waals surface area contributed by atoms with Gasteiger partial charge in [0.1, 0.15) is 11.5 Å². The minimum Gasteiger partial charge on any atom is -0.429 e. The molecule has 0 bridgehead atoms. The molecule has 0 aliphatic heterocycles. The summed E-state index contributed by atoms with van der Waals surface area (Å²) in [5, 5.41) is 7.04. The first-order chi connectivity index (χ1) is 13.1. The normalized spacial score (nSPS) is 11.6. The number of hydrogen-bond donors (Lipinski definition) is 4. The number of rotatable bonds is 4. The standard InChI is InChI=1S/C17H16F3N5O3/c1-25(16(22)23)15(26)11-6-9-10(17(18,19)20)3-4-12(14(9)24-11)28-13-5-2-8(7-21)27-13/h2-6,24H,7,21H2,1H3,(H3,22,23). The molecule has 2 heterocycles. The summed E-state index contributed by atoms with van der Waals surface area (Å²) in [6.45, 7) is 0.129. The van der Waals surface area contributed by atoms with Gasteiger partial charge in [-0.15, -0.1) is 0 Å². The zero-order valence-corrected chi connectivity index (χ0v) is 14.6. The molecule has 0 radical (unpaired) electrons. The molecule has 0 saturated heterocycles. The van der Waals surface area contributed by atoms with Crippen LogP contribution in [0.25, 0.3) is 10.9 Å². The number of fused-ring (bicyclic) bond motifs is 1. The highest BCUT2D eigenvalue weighted by molar-refractivity contribution is 6.06. The van der Waals surface area contributed by atoms with Crippen molar-refractivity contribution in [1.82, 2.24) is 9.88 Å². The number of guanidine groups is 1. The third-order valence-electron chi connectivity index (χ3n) is 4.01. The Morgan fingerprint density at radius 2 is 2.04 bits per heavy atom. The Bertz CT molecular complexity index is 1050. The summed E-state index contributed by atoms with van der Waals surface area (Å²) < 4.78 is 51.0. The molecule has 0 spiro atoms. The number of carbonyl (C=O) groups excluding carboxylic acids is 1. The van der Waals surface area contributed by atoms with Crippen molar-refractivity contribution in [3.63, 3.8) is 0 Å². The molecule has 0 fully saturated rings. The Labute approximate surface area is 156 Å². The number of amides is 1. The fourth-order valence-electron chi connectivity index (χ4n) is 2.56. The number of H-pyrrole nitrogens is 1. The van der Waals surface area contributed by atoms with Crippen molar-refractivity contribution < 1.29 is 27.1 Å². The van der Waals surface area contributed by atoms with E-state index >= 15 is 0 Å². The smallest absolute Gasteiger partial charge is 0.417 e. The van der Waals surface area contributed by atoms with Crippen LogP contribution >= 0.6 is 0 Å². The van der Waals surface area contributed by atoms with Crippen molar-refractivity contribution in [2.45, 2.75) is 12.7 Å². The van der Waals surface area contributed by atoms with Gasteiger partial charge in [-0.3, -0.25) is 15.1 Å². The number of nitrogens with two attached hydrogens (primary N) is 2. The van der Waals surface area contributed by atoms with Gasteiger partial charge in [0.05, 0.1) is 17.6 Å². The Hall–Kier alpha value is -3.47. The number of ether oxygens (including phenoxy) is 1. The van der Waals surface area contributed by atoms with E-state index in [9.17, 15) is 18.0 Å². The van der Waals surface area contributed by atoms with E-state index in [1.54, 1.807) is 6.07 Å². The lowest BCUT2D eigenvalue weighted by Crippen LogP contribution is -2.38. The van der Waals surface area contributed by atoms with Crippen LogP contribution in [0.5, 0.6) is 11.7 Å². The van der Waals surface area contributed by atoms with Crippen LogP contribution in [0.15, 0.2) is 34.7 Å². The van der Waals surface area contributed by atoms with Crippen LogP contribution in [-0.2, 0) is 12.7 Å². The maximum Gasteiger partial charge on any atom is 0.417 e. The van der Waals surface area contributed by atoms with Crippen molar-refractivity contribution in [2.24, 2.45) is 11.5 Å². The Morgan fingerprint density at radius 3 is 2.61 bits per heavy atom. The Morgan fingerprint density at radius 1 is 1.32 bits per heavy atom. The van der Waals surface area contributed by atoms with E-state index in [0.717, 1.165) is 23.1 Å². The number of furan rings is 1. The van der Waals surface area contributed by atoms with Crippen molar-refractivity contribution in [2.75, 3.05) is 7.05 Å². The number of alkyl halides is 3. The van der Waals surface area contributed by atoms with E-state index < -0.39 is 23.6 Å². The minimum absolute atomic E-state index is 0.0189. The molecule has 28 heavy (non-hydrogen) atoms. The molecule has 1 amide bonds. The van der Waals surface area contributed by atoms with Crippen molar-refractivity contribution in [3.8, 4) is 11.7 Å². The summed E-state index contributed by atoms with van der Waals surface area (Å²) >= 11 is 0. The third kappa shape index (κ3) is 3.51. The van der Waals surface area contributed by atoms with Gasteiger partial charge < -0.3 is 25.6 Å². The molecule has 148 valence electrons. The van der Waals surface area contributed by atoms with Gasteiger partial charge in [-0.05, 0) is 24.3 Å². The molecule has 11 heteroatoms. The number of nitrogens with one attached hydrogen (secondary N) is 2.